The molecule has 27 heavy (non-hydrogen) atoms. The van der Waals surface area contributed by atoms with E-state index in [1.165, 1.54) is 24.8 Å². The number of ether oxygens (including phenoxy) is 2. The van der Waals surface area contributed by atoms with Crippen molar-refractivity contribution in [3.05, 3.63) is 46.8 Å². The van der Waals surface area contributed by atoms with Gasteiger partial charge in [-0.3, -0.25) is 0 Å². The van der Waals surface area contributed by atoms with E-state index >= 15 is 0 Å². The van der Waals surface area contributed by atoms with Crippen LogP contribution in [-0.4, -0.2) is 34.8 Å². The minimum absolute atomic E-state index is 0.233. The van der Waals surface area contributed by atoms with Crippen molar-refractivity contribution >= 4 is 0 Å². The molecule has 0 N–H and O–H groups in total. The summed E-state index contributed by atoms with van der Waals surface area (Å²) in [6.45, 7) is 3.69. The van der Waals surface area contributed by atoms with Gasteiger partial charge in [0.2, 0.25) is 0 Å². The lowest BCUT2D eigenvalue weighted by atomic mass is 9.98. The van der Waals surface area contributed by atoms with Gasteiger partial charge in [-0.15, -0.1) is 5.10 Å². The maximum atomic E-state index is 5.81. The summed E-state index contributed by atoms with van der Waals surface area (Å²) in [7, 11) is 1.72. The normalized spacial score (nSPS) is 20.7. The molecule has 0 bridgehead atoms. The van der Waals surface area contributed by atoms with E-state index in [4.69, 9.17) is 9.47 Å². The topological polar surface area (TPSA) is 49.2 Å². The number of rotatable bonds is 5. The zero-order valence-corrected chi connectivity index (χ0v) is 16.1. The van der Waals surface area contributed by atoms with Crippen LogP contribution >= 0.6 is 0 Å². The van der Waals surface area contributed by atoms with Crippen molar-refractivity contribution in [2.45, 2.75) is 57.8 Å². The van der Waals surface area contributed by atoms with Crippen molar-refractivity contribution in [1.29, 1.82) is 0 Å². The lowest BCUT2D eigenvalue weighted by Gasteiger charge is -2.22. The zero-order chi connectivity index (χ0) is 18.6. The quantitative estimate of drug-likeness (QED) is 0.759. The third-order valence-electron chi connectivity index (χ3n) is 5.29. The molecule has 2 atom stereocenters. The standard InChI is InChI=1S/C22H27N3O2/c1-16-6-7-18(11-10-17-8-9-17)13-20(16)22(26-2)21-15-25(24-23-21)14-19-5-3-4-12-27-19/h6-7,13,15,17,19,22H,3-5,8-9,12,14H2,1-2H3. The molecule has 2 fully saturated rings. The summed E-state index contributed by atoms with van der Waals surface area (Å²) in [5.74, 6) is 7.22. The van der Waals surface area contributed by atoms with Crippen LogP contribution in [0.2, 0.25) is 0 Å². The van der Waals surface area contributed by atoms with Gasteiger partial charge in [0.05, 0.1) is 18.8 Å². The number of nitrogens with zero attached hydrogens (tertiary/aromatic N) is 3. The maximum absolute atomic E-state index is 5.81. The highest BCUT2D eigenvalue weighted by molar-refractivity contribution is 5.43. The van der Waals surface area contributed by atoms with Crippen molar-refractivity contribution in [2.24, 2.45) is 5.92 Å². The Morgan fingerprint density at radius 1 is 1.30 bits per heavy atom. The van der Waals surface area contributed by atoms with Crippen molar-refractivity contribution in [1.82, 2.24) is 15.0 Å². The summed E-state index contributed by atoms with van der Waals surface area (Å²) in [6, 6.07) is 6.32. The van der Waals surface area contributed by atoms with Crippen molar-refractivity contribution in [2.75, 3.05) is 13.7 Å². The Bertz CT molecular complexity index is 839. The van der Waals surface area contributed by atoms with E-state index in [1.807, 2.05) is 10.9 Å². The number of benzene rings is 1. The SMILES string of the molecule is COC(c1cn(CC2CCCCO2)nn1)c1cc(C#CC2CC2)ccc1C. The van der Waals surface area contributed by atoms with Crippen LogP contribution in [0.15, 0.2) is 24.4 Å². The molecule has 0 amide bonds. The molecule has 1 aliphatic heterocycles. The second-order valence-corrected chi connectivity index (χ2v) is 7.58. The van der Waals surface area contributed by atoms with Gasteiger partial charge in [0.25, 0.3) is 0 Å². The Morgan fingerprint density at radius 3 is 2.93 bits per heavy atom. The number of hydrogen-bond acceptors (Lipinski definition) is 4. The summed E-state index contributed by atoms with van der Waals surface area (Å²) >= 11 is 0. The Labute approximate surface area is 161 Å². The predicted molar refractivity (Wildman–Crippen MR) is 103 cm³/mol. The molecule has 1 aromatic heterocycles. The first kappa shape index (κ1) is 18.2. The fraction of sp³-hybridized carbons (Fsp3) is 0.545. The van der Waals surface area contributed by atoms with E-state index in [0.717, 1.165) is 42.8 Å². The smallest absolute Gasteiger partial charge is 0.128 e. The van der Waals surface area contributed by atoms with Crippen LogP contribution in [0.5, 0.6) is 0 Å². The van der Waals surface area contributed by atoms with Gasteiger partial charge in [-0.25, -0.2) is 4.68 Å². The van der Waals surface area contributed by atoms with Crippen molar-refractivity contribution in [3.63, 3.8) is 0 Å². The Hall–Kier alpha value is -2.16. The van der Waals surface area contributed by atoms with Crippen LogP contribution in [0.1, 0.15) is 60.6 Å². The molecule has 1 aliphatic carbocycles. The monoisotopic (exact) mass is 365 g/mol. The molecule has 142 valence electrons. The van der Waals surface area contributed by atoms with Gasteiger partial charge in [-0.05, 0) is 62.3 Å². The molecular formula is C22H27N3O2. The van der Waals surface area contributed by atoms with Crippen LogP contribution in [0, 0.1) is 24.7 Å². The van der Waals surface area contributed by atoms with Crippen LogP contribution < -0.4 is 0 Å². The van der Waals surface area contributed by atoms with Crippen LogP contribution in [-0.2, 0) is 16.0 Å². The molecule has 1 aromatic carbocycles. The lowest BCUT2D eigenvalue weighted by Crippen LogP contribution is -2.24. The molecule has 5 nitrogen and oxygen atoms in total. The van der Waals surface area contributed by atoms with Gasteiger partial charge in [0.15, 0.2) is 0 Å². The Morgan fingerprint density at radius 2 is 2.19 bits per heavy atom. The lowest BCUT2D eigenvalue weighted by molar-refractivity contribution is 0.00368. The van der Waals surface area contributed by atoms with Gasteiger partial charge < -0.3 is 9.47 Å². The molecule has 0 spiro atoms. The van der Waals surface area contributed by atoms with E-state index in [2.05, 4.69) is 47.3 Å². The fourth-order valence-electron chi connectivity index (χ4n) is 3.50. The number of methoxy groups -OCH3 is 1. The first-order chi connectivity index (χ1) is 13.2. The van der Waals surface area contributed by atoms with Gasteiger partial charge in [0, 0.05) is 25.2 Å². The molecule has 0 radical (unpaired) electrons. The van der Waals surface area contributed by atoms with Crippen LogP contribution in [0.25, 0.3) is 0 Å². The van der Waals surface area contributed by atoms with E-state index in [9.17, 15) is 0 Å². The first-order valence-electron chi connectivity index (χ1n) is 9.89. The van der Waals surface area contributed by atoms with E-state index in [0.29, 0.717) is 5.92 Å². The number of aromatic nitrogens is 3. The number of aryl methyl sites for hydroxylation is 1. The average Bonchev–Trinajstić information content (AvgIpc) is 3.42. The molecule has 5 heteroatoms. The van der Waals surface area contributed by atoms with Gasteiger partial charge in [-0.2, -0.15) is 0 Å². The number of hydrogen-bond donors (Lipinski definition) is 0. The predicted octanol–water partition coefficient (Wildman–Crippen LogP) is 3.65. The zero-order valence-electron chi connectivity index (χ0n) is 16.1. The van der Waals surface area contributed by atoms with Gasteiger partial charge in [0.1, 0.15) is 11.8 Å². The van der Waals surface area contributed by atoms with E-state index in [1.54, 1.807) is 7.11 Å². The highest BCUT2D eigenvalue weighted by Gasteiger charge is 2.22. The Kier molecular flexibility index (Phi) is 5.56. The van der Waals surface area contributed by atoms with Crippen LogP contribution in [0.3, 0.4) is 0 Å². The highest BCUT2D eigenvalue weighted by Crippen LogP contribution is 2.29. The maximum Gasteiger partial charge on any atom is 0.128 e. The molecule has 2 aromatic rings. The summed E-state index contributed by atoms with van der Waals surface area (Å²) in [5, 5.41) is 8.68. The Balaban J connectivity index is 1.53. The molecule has 4 rings (SSSR count). The fourth-order valence-corrected chi connectivity index (χ4v) is 3.50. The minimum Gasteiger partial charge on any atom is -0.376 e. The third kappa shape index (κ3) is 4.58. The average molecular weight is 365 g/mol. The summed E-state index contributed by atoms with van der Waals surface area (Å²) in [4.78, 5) is 0. The molecular weight excluding hydrogens is 338 g/mol. The molecule has 2 unspecified atom stereocenters. The van der Waals surface area contributed by atoms with Crippen LogP contribution in [0.4, 0.5) is 0 Å². The first-order valence-corrected chi connectivity index (χ1v) is 9.89. The van der Waals surface area contributed by atoms with Crippen molar-refractivity contribution < 1.29 is 9.47 Å². The molecule has 1 saturated carbocycles. The summed E-state index contributed by atoms with van der Waals surface area (Å²) in [5.41, 5.74) is 4.13. The second-order valence-electron chi connectivity index (χ2n) is 7.58. The van der Waals surface area contributed by atoms with Gasteiger partial charge >= 0.3 is 0 Å². The minimum atomic E-state index is -0.242. The van der Waals surface area contributed by atoms with E-state index < -0.39 is 0 Å². The summed E-state index contributed by atoms with van der Waals surface area (Å²) in [6.07, 6.45) is 7.91. The molecule has 2 heterocycles. The molecule has 1 saturated heterocycles. The molecule has 2 aliphatic rings. The second kappa shape index (κ2) is 8.24. The largest absolute Gasteiger partial charge is 0.376 e. The van der Waals surface area contributed by atoms with Gasteiger partial charge in [-0.1, -0.05) is 23.1 Å². The van der Waals surface area contributed by atoms with E-state index in [-0.39, 0.29) is 12.2 Å². The highest BCUT2D eigenvalue weighted by atomic mass is 16.5. The van der Waals surface area contributed by atoms with Crippen molar-refractivity contribution in [3.8, 4) is 11.8 Å². The third-order valence-corrected chi connectivity index (χ3v) is 5.29. The summed E-state index contributed by atoms with van der Waals surface area (Å²) < 4.78 is 13.5.